The molecule has 0 aromatic heterocycles. The Kier molecular flexibility index (Phi) is 5.27. The molecule has 0 heterocycles. The van der Waals surface area contributed by atoms with Crippen molar-refractivity contribution in [3.05, 3.63) is 64.1 Å². The van der Waals surface area contributed by atoms with Crippen molar-refractivity contribution in [3.8, 4) is 0 Å². The van der Waals surface area contributed by atoms with Gasteiger partial charge in [0.2, 0.25) is 10.0 Å². The number of rotatable bonds is 5. The second kappa shape index (κ2) is 6.79. The van der Waals surface area contributed by atoms with Gasteiger partial charge < -0.3 is 0 Å². The van der Waals surface area contributed by atoms with Crippen LogP contribution in [0.4, 0.5) is 0 Å². The SMILES string of the molecule is CC[C@@H](NS(=O)(=O)c1ccc(Cl)cc1)c1ccc(Cl)cc1. The molecule has 1 N–H and O–H groups in total. The van der Waals surface area contributed by atoms with E-state index in [9.17, 15) is 8.42 Å². The molecule has 0 unspecified atom stereocenters. The summed E-state index contributed by atoms with van der Waals surface area (Å²) < 4.78 is 27.4. The highest BCUT2D eigenvalue weighted by Gasteiger charge is 2.20. The van der Waals surface area contributed by atoms with Crippen LogP contribution in [0.2, 0.25) is 10.0 Å². The van der Waals surface area contributed by atoms with Gasteiger partial charge in [-0.05, 0) is 48.4 Å². The lowest BCUT2D eigenvalue weighted by molar-refractivity contribution is 0.550. The van der Waals surface area contributed by atoms with Gasteiger partial charge in [0, 0.05) is 16.1 Å². The minimum absolute atomic E-state index is 0.194. The standard InChI is InChI=1S/C15H15Cl2NO2S/c1-2-15(11-3-5-12(16)6-4-11)18-21(19,20)14-9-7-13(17)8-10-14/h3-10,15,18H,2H2,1H3/t15-/m1/s1. The summed E-state index contributed by atoms with van der Waals surface area (Å²) in [5.74, 6) is 0. The largest absolute Gasteiger partial charge is 0.241 e. The first kappa shape index (κ1) is 16.3. The minimum atomic E-state index is -3.59. The number of hydrogen-bond acceptors (Lipinski definition) is 2. The van der Waals surface area contributed by atoms with Gasteiger partial charge >= 0.3 is 0 Å². The molecule has 0 bridgehead atoms. The van der Waals surface area contributed by atoms with Crippen LogP contribution in [0, 0.1) is 0 Å². The van der Waals surface area contributed by atoms with Gasteiger partial charge in [-0.2, -0.15) is 0 Å². The molecule has 0 aliphatic carbocycles. The van der Waals surface area contributed by atoms with E-state index < -0.39 is 10.0 Å². The summed E-state index contributed by atoms with van der Waals surface area (Å²) in [6, 6.07) is 12.9. The molecule has 0 spiro atoms. The molecule has 0 saturated heterocycles. The van der Waals surface area contributed by atoms with Crippen LogP contribution in [0.3, 0.4) is 0 Å². The molecule has 2 aromatic carbocycles. The molecule has 1 atom stereocenters. The van der Waals surface area contributed by atoms with Crippen LogP contribution in [-0.4, -0.2) is 8.42 Å². The van der Waals surface area contributed by atoms with Crippen molar-refractivity contribution < 1.29 is 8.42 Å². The van der Waals surface area contributed by atoms with Crippen LogP contribution in [0.1, 0.15) is 24.9 Å². The lowest BCUT2D eigenvalue weighted by atomic mass is 10.1. The maximum absolute atomic E-state index is 12.4. The van der Waals surface area contributed by atoms with Gasteiger partial charge in [-0.15, -0.1) is 0 Å². The fourth-order valence-electron chi connectivity index (χ4n) is 1.95. The zero-order chi connectivity index (χ0) is 15.5. The van der Waals surface area contributed by atoms with Crippen LogP contribution in [0.5, 0.6) is 0 Å². The Labute approximate surface area is 135 Å². The van der Waals surface area contributed by atoms with E-state index in [1.165, 1.54) is 12.1 Å². The van der Waals surface area contributed by atoms with Crippen molar-refractivity contribution in [2.75, 3.05) is 0 Å². The van der Waals surface area contributed by atoms with Crippen molar-refractivity contribution in [1.82, 2.24) is 4.72 Å². The fraction of sp³-hybridized carbons (Fsp3) is 0.200. The fourth-order valence-corrected chi connectivity index (χ4v) is 3.51. The quantitative estimate of drug-likeness (QED) is 0.873. The number of benzene rings is 2. The molecular weight excluding hydrogens is 329 g/mol. The van der Waals surface area contributed by atoms with Gasteiger partial charge in [-0.25, -0.2) is 13.1 Å². The van der Waals surface area contributed by atoms with Gasteiger partial charge in [0.15, 0.2) is 0 Å². The third-order valence-corrected chi connectivity index (χ3v) is 5.09. The summed E-state index contributed by atoms with van der Waals surface area (Å²) >= 11 is 11.6. The molecular formula is C15H15Cl2NO2S. The van der Waals surface area contributed by atoms with Crippen LogP contribution in [0.15, 0.2) is 53.4 Å². The molecule has 0 radical (unpaired) electrons. The average molecular weight is 344 g/mol. The maximum atomic E-state index is 12.4. The Bertz CT molecular complexity index is 697. The second-order valence-electron chi connectivity index (χ2n) is 4.59. The summed E-state index contributed by atoms with van der Waals surface area (Å²) in [4.78, 5) is 0.194. The smallest absolute Gasteiger partial charge is 0.207 e. The lowest BCUT2D eigenvalue weighted by Crippen LogP contribution is -2.28. The normalized spacial score (nSPS) is 13.1. The van der Waals surface area contributed by atoms with Gasteiger partial charge in [-0.1, -0.05) is 42.3 Å². The molecule has 6 heteroatoms. The van der Waals surface area contributed by atoms with E-state index in [0.717, 1.165) is 5.56 Å². The van der Waals surface area contributed by atoms with Crippen LogP contribution < -0.4 is 4.72 Å². The molecule has 0 fully saturated rings. The van der Waals surface area contributed by atoms with Crippen molar-refractivity contribution in [1.29, 1.82) is 0 Å². The highest BCUT2D eigenvalue weighted by Crippen LogP contribution is 2.22. The molecule has 0 aliphatic rings. The monoisotopic (exact) mass is 343 g/mol. The van der Waals surface area contributed by atoms with Crippen molar-refractivity contribution in [3.63, 3.8) is 0 Å². The van der Waals surface area contributed by atoms with Gasteiger partial charge in [-0.3, -0.25) is 0 Å². The minimum Gasteiger partial charge on any atom is -0.207 e. The lowest BCUT2D eigenvalue weighted by Gasteiger charge is -2.17. The second-order valence-corrected chi connectivity index (χ2v) is 7.17. The Morgan fingerprint density at radius 3 is 1.90 bits per heavy atom. The number of hydrogen-bond donors (Lipinski definition) is 1. The predicted molar refractivity (Wildman–Crippen MR) is 86.3 cm³/mol. The summed E-state index contributed by atoms with van der Waals surface area (Å²) in [5, 5.41) is 1.12. The zero-order valence-corrected chi connectivity index (χ0v) is 13.7. The van der Waals surface area contributed by atoms with E-state index in [1.54, 1.807) is 24.3 Å². The summed E-state index contributed by atoms with van der Waals surface area (Å²) in [5.41, 5.74) is 0.874. The Morgan fingerprint density at radius 2 is 1.43 bits per heavy atom. The van der Waals surface area contributed by atoms with E-state index in [4.69, 9.17) is 23.2 Å². The number of halogens is 2. The van der Waals surface area contributed by atoms with E-state index >= 15 is 0 Å². The third-order valence-electron chi connectivity index (χ3n) is 3.10. The molecule has 2 rings (SSSR count). The summed E-state index contributed by atoms with van der Waals surface area (Å²) in [6.07, 6.45) is 0.633. The Morgan fingerprint density at radius 1 is 0.952 bits per heavy atom. The molecule has 2 aromatic rings. The van der Waals surface area contributed by atoms with Crippen LogP contribution in [0.25, 0.3) is 0 Å². The van der Waals surface area contributed by atoms with E-state index in [0.29, 0.717) is 16.5 Å². The first-order chi connectivity index (χ1) is 9.92. The number of sulfonamides is 1. The van der Waals surface area contributed by atoms with Crippen LogP contribution >= 0.6 is 23.2 Å². The first-order valence-corrected chi connectivity index (χ1v) is 8.69. The Hall–Kier alpha value is -1.07. The maximum Gasteiger partial charge on any atom is 0.241 e. The highest BCUT2D eigenvalue weighted by atomic mass is 35.5. The topological polar surface area (TPSA) is 46.2 Å². The highest BCUT2D eigenvalue weighted by molar-refractivity contribution is 7.89. The van der Waals surface area contributed by atoms with E-state index in [2.05, 4.69) is 4.72 Å². The molecule has 0 saturated carbocycles. The van der Waals surface area contributed by atoms with E-state index in [1.807, 2.05) is 19.1 Å². The zero-order valence-electron chi connectivity index (χ0n) is 11.4. The van der Waals surface area contributed by atoms with Crippen molar-refractivity contribution in [2.24, 2.45) is 0 Å². The van der Waals surface area contributed by atoms with E-state index in [-0.39, 0.29) is 10.9 Å². The van der Waals surface area contributed by atoms with Gasteiger partial charge in [0.25, 0.3) is 0 Å². The first-order valence-electron chi connectivity index (χ1n) is 6.45. The van der Waals surface area contributed by atoms with Gasteiger partial charge in [0.1, 0.15) is 0 Å². The average Bonchev–Trinajstić information content (AvgIpc) is 2.46. The third kappa shape index (κ3) is 4.20. The van der Waals surface area contributed by atoms with Gasteiger partial charge in [0.05, 0.1) is 4.90 Å². The predicted octanol–water partition coefficient (Wildman–Crippen LogP) is 4.42. The summed E-state index contributed by atoms with van der Waals surface area (Å²) in [6.45, 7) is 1.92. The molecule has 21 heavy (non-hydrogen) atoms. The van der Waals surface area contributed by atoms with Crippen molar-refractivity contribution >= 4 is 33.2 Å². The summed E-state index contributed by atoms with van der Waals surface area (Å²) in [7, 11) is -3.59. The number of nitrogens with one attached hydrogen (secondary N) is 1. The molecule has 112 valence electrons. The molecule has 0 aliphatic heterocycles. The molecule has 0 amide bonds. The Balaban J connectivity index is 2.24. The van der Waals surface area contributed by atoms with Crippen molar-refractivity contribution in [2.45, 2.75) is 24.3 Å². The van der Waals surface area contributed by atoms with Crippen LogP contribution in [-0.2, 0) is 10.0 Å². The molecule has 3 nitrogen and oxygen atoms in total.